The molecule has 0 aromatic carbocycles. The van der Waals surface area contributed by atoms with Gasteiger partial charge in [-0.05, 0) is 31.1 Å². The van der Waals surface area contributed by atoms with Crippen LogP contribution in [0.2, 0.25) is 0 Å². The van der Waals surface area contributed by atoms with E-state index >= 15 is 0 Å². The number of carbonyl (C=O) groups excluding carboxylic acids is 1. The molecule has 16 heavy (non-hydrogen) atoms. The lowest BCUT2D eigenvalue weighted by atomic mass is 9.93. The lowest BCUT2D eigenvalue weighted by molar-refractivity contribution is -0.145. The van der Waals surface area contributed by atoms with Gasteiger partial charge in [-0.3, -0.25) is 0 Å². The maximum Gasteiger partial charge on any atom is 0.408 e. The molecule has 5 nitrogen and oxygen atoms in total. The van der Waals surface area contributed by atoms with Crippen LogP contribution in [0.5, 0.6) is 0 Å². The first kappa shape index (κ1) is 11.0. The summed E-state index contributed by atoms with van der Waals surface area (Å²) in [7, 11) is 0. The number of ether oxygens (including phenoxy) is 1. The Bertz CT molecular complexity index is 341. The summed E-state index contributed by atoms with van der Waals surface area (Å²) in [5, 5.41) is 11.8. The van der Waals surface area contributed by atoms with Crippen LogP contribution in [0.4, 0.5) is 4.79 Å². The van der Waals surface area contributed by atoms with Gasteiger partial charge < -0.3 is 15.2 Å². The Morgan fingerprint density at radius 1 is 1.62 bits per heavy atom. The average Bonchev–Trinajstić information content (AvgIpc) is 2.94. The maximum atomic E-state index is 11.4. The molecular weight excluding hydrogens is 210 g/mol. The largest absolute Gasteiger partial charge is 0.479 e. The zero-order valence-electron chi connectivity index (χ0n) is 8.94. The van der Waals surface area contributed by atoms with Gasteiger partial charge in [-0.15, -0.1) is 0 Å². The van der Waals surface area contributed by atoms with Gasteiger partial charge in [0.2, 0.25) is 0 Å². The Balaban J connectivity index is 2.01. The third kappa shape index (κ3) is 1.66. The summed E-state index contributed by atoms with van der Waals surface area (Å²) < 4.78 is 4.76. The topological polar surface area (TPSA) is 75.6 Å². The van der Waals surface area contributed by atoms with Crippen LogP contribution in [0.25, 0.3) is 0 Å². The van der Waals surface area contributed by atoms with Crippen molar-refractivity contribution in [2.24, 2.45) is 11.8 Å². The fourth-order valence-electron chi connectivity index (χ4n) is 2.60. The predicted octanol–water partition coefficient (Wildman–Crippen LogP) is 1.15. The van der Waals surface area contributed by atoms with Crippen molar-refractivity contribution < 1.29 is 19.4 Å². The molecule has 0 saturated heterocycles. The van der Waals surface area contributed by atoms with Gasteiger partial charge in [-0.2, -0.15) is 0 Å². The first-order valence-electron chi connectivity index (χ1n) is 5.39. The number of nitrogens with one attached hydrogen (secondary N) is 1. The summed E-state index contributed by atoms with van der Waals surface area (Å²) in [6.07, 6.45) is 3.05. The Labute approximate surface area is 93.5 Å². The van der Waals surface area contributed by atoms with Gasteiger partial charge in [0.05, 0.1) is 0 Å². The third-order valence-corrected chi connectivity index (χ3v) is 3.50. The standard InChI is InChI=1S/C11H15NO4/c1-2-5-16-10(15)12-11(9(13)14)4-3-7-6-8(7)11/h2,7-8H,1,3-6H2,(H,12,15)(H,13,14). The van der Waals surface area contributed by atoms with Crippen LogP contribution in [0.3, 0.4) is 0 Å². The molecule has 0 spiro atoms. The Hall–Kier alpha value is -1.52. The molecule has 5 heteroatoms. The van der Waals surface area contributed by atoms with Gasteiger partial charge in [0, 0.05) is 0 Å². The van der Waals surface area contributed by atoms with Crippen LogP contribution in [-0.4, -0.2) is 29.3 Å². The molecule has 88 valence electrons. The lowest BCUT2D eigenvalue weighted by Crippen LogP contribution is -2.55. The molecule has 2 rings (SSSR count). The zero-order chi connectivity index (χ0) is 11.8. The lowest BCUT2D eigenvalue weighted by Gasteiger charge is -2.26. The molecule has 0 aromatic rings. The summed E-state index contributed by atoms with van der Waals surface area (Å²) in [5.41, 5.74) is -1.09. The summed E-state index contributed by atoms with van der Waals surface area (Å²) in [6, 6.07) is 0. The monoisotopic (exact) mass is 225 g/mol. The molecule has 0 radical (unpaired) electrons. The van der Waals surface area contributed by atoms with Crippen LogP contribution < -0.4 is 5.32 Å². The van der Waals surface area contributed by atoms with Crippen molar-refractivity contribution in [3.63, 3.8) is 0 Å². The van der Waals surface area contributed by atoms with E-state index in [1.807, 2.05) is 0 Å². The maximum absolute atomic E-state index is 11.4. The number of alkyl carbamates (subject to hydrolysis) is 1. The summed E-state index contributed by atoms with van der Waals surface area (Å²) in [5.74, 6) is -0.398. The number of rotatable bonds is 4. The van der Waals surface area contributed by atoms with Crippen LogP contribution >= 0.6 is 0 Å². The molecular formula is C11H15NO4. The number of hydrogen-bond donors (Lipinski definition) is 2. The van der Waals surface area contributed by atoms with E-state index < -0.39 is 17.6 Å². The van der Waals surface area contributed by atoms with Crippen LogP contribution in [0.15, 0.2) is 12.7 Å². The summed E-state index contributed by atoms with van der Waals surface area (Å²) in [4.78, 5) is 22.7. The van der Waals surface area contributed by atoms with E-state index in [2.05, 4.69) is 11.9 Å². The van der Waals surface area contributed by atoms with Crippen LogP contribution in [0.1, 0.15) is 19.3 Å². The van der Waals surface area contributed by atoms with E-state index in [-0.39, 0.29) is 12.5 Å². The van der Waals surface area contributed by atoms with Crippen molar-refractivity contribution in [3.05, 3.63) is 12.7 Å². The molecule has 2 aliphatic carbocycles. The quantitative estimate of drug-likeness (QED) is 0.704. The second kappa shape index (κ2) is 3.81. The normalized spacial score (nSPS) is 35.0. The fourth-order valence-corrected chi connectivity index (χ4v) is 2.60. The van der Waals surface area contributed by atoms with Gasteiger partial charge >= 0.3 is 12.1 Å². The molecule has 2 N–H and O–H groups in total. The van der Waals surface area contributed by atoms with Gasteiger partial charge in [0.25, 0.3) is 0 Å². The minimum absolute atomic E-state index is 0.0845. The number of carbonyl (C=O) groups is 2. The number of aliphatic carboxylic acids is 1. The van der Waals surface area contributed by atoms with Crippen molar-refractivity contribution in [2.45, 2.75) is 24.8 Å². The number of carboxylic acids is 1. The molecule has 1 amide bonds. The van der Waals surface area contributed by atoms with Gasteiger partial charge in [-0.25, -0.2) is 9.59 Å². The Morgan fingerprint density at radius 2 is 2.38 bits per heavy atom. The molecule has 0 heterocycles. The van der Waals surface area contributed by atoms with Crippen molar-refractivity contribution in [3.8, 4) is 0 Å². The number of fused-ring (bicyclic) bond motifs is 1. The third-order valence-electron chi connectivity index (χ3n) is 3.50. The fraction of sp³-hybridized carbons (Fsp3) is 0.636. The van der Waals surface area contributed by atoms with Crippen molar-refractivity contribution in [1.82, 2.24) is 5.32 Å². The van der Waals surface area contributed by atoms with Gasteiger partial charge in [-0.1, -0.05) is 12.7 Å². The molecule has 0 aromatic heterocycles. The second-order valence-corrected chi connectivity index (χ2v) is 4.43. The number of amides is 1. The predicted molar refractivity (Wildman–Crippen MR) is 55.9 cm³/mol. The van der Waals surface area contributed by atoms with Crippen LogP contribution in [-0.2, 0) is 9.53 Å². The zero-order valence-corrected chi connectivity index (χ0v) is 8.94. The average molecular weight is 225 g/mol. The van der Waals surface area contributed by atoms with E-state index in [0.717, 1.165) is 12.8 Å². The Kier molecular flexibility index (Phi) is 2.61. The van der Waals surface area contributed by atoms with E-state index in [0.29, 0.717) is 12.3 Å². The molecule has 2 saturated carbocycles. The molecule has 2 aliphatic rings. The van der Waals surface area contributed by atoms with E-state index in [1.54, 1.807) is 0 Å². The molecule has 3 atom stereocenters. The molecule has 2 fully saturated rings. The van der Waals surface area contributed by atoms with Crippen molar-refractivity contribution in [2.75, 3.05) is 6.61 Å². The summed E-state index contributed by atoms with van der Waals surface area (Å²) >= 11 is 0. The van der Waals surface area contributed by atoms with Crippen molar-refractivity contribution in [1.29, 1.82) is 0 Å². The van der Waals surface area contributed by atoms with E-state index in [9.17, 15) is 14.7 Å². The number of carboxylic acid groups (broad SMARTS) is 1. The molecule has 0 aliphatic heterocycles. The Morgan fingerprint density at radius 3 is 2.81 bits per heavy atom. The first-order valence-corrected chi connectivity index (χ1v) is 5.39. The van der Waals surface area contributed by atoms with Crippen LogP contribution in [0, 0.1) is 11.8 Å². The summed E-state index contributed by atoms with van der Waals surface area (Å²) in [6.45, 7) is 3.51. The highest BCUT2D eigenvalue weighted by Crippen LogP contribution is 2.57. The van der Waals surface area contributed by atoms with Gasteiger partial charge in [0.15, 0.2) is 0 Å². The minimum atomic E-state index is -1.09. The minimum Gasteiger partial charge on any atom is -0.479 e. The van der Waals surface area contributed by atoms with E-state index in [4.69, 9.17) is 4.74 Å². The highest BCUT2D eigenvalue weighted by atomic mass is 16.5. The molecule has 3 unspecified atom stereocenters. The second-order valence-electron chi connectivity index (χ2n) is 4.43. The molecule has 0 bridgehead atoms. The highest BCUT2D eigenvalue weighted by Gasteiger charge is 2.63. The van der Waals surface area contributed by atoms with Crippen molar-refractivity contribution >= 4 is 12.1 Å². The SMILES string of the molecule is C=CCOC(=O)NC1(C(=O)O)CCC2CC21. The van der Waals surface area contributed by atoms with E-state index in [1.165, 1.54) is 6.08 Å². The smallest absolute Gasteiger partial charge is 0.408 e. The van der Waals surface area contributed by atoms with Gasteiger partial charge in [0.1, 0.15) is 12.1 Å². The first-order chi connectivity index (χ1) is 7.60. The highest BCUT2D eigenvalue weighted by molar-refractivity contribution is 5.86. The number of hydrogen-bond acceptors (Lipinski definition) is 3.